The average Bonchev–Trinajstić information content (AvgIpc) is 3.00. The quantitative estimate of drug-likeness (QED) is 0.911. The highest BCUT2D eigenvalue weighted by molar-refractivity contribution is 5.96. The highest BCUT2D eigenvalue weighted by atomic mass is 16.2. The van der Waals surface area contributed by atoms with Crippen molar-refractivity contribution in [1.82, 2.24) is 5.32 Å². The molecule has 0 radical (unpaired) electrons. The standard InChI is InChI=1S/C18H19N3O2/c22-17-10-5-11-21(17)16-9-4-8-15(12-16)20-18(23)19-13-14-6-2-1-3-7-14/h1-4,6-9,12H,5,10-11,13H2,(H2,19,20,23). The Balaban J connectivity index is 1.59. The largest absolute Gasteiger partial charge is 0.334 e. The molecule has 5 nitrogen and oxygen atoms in total. The van der Waals surface area contributed by atoms with Gasteiger partial charge in [-0.2, -0.15) is 0 Å². The molecule has 0 unspecified atom stereocenters. The molecule has 1 fully saturated rings. The van der Waals surface area contributed by atoms with Gasteiger partial charge in [-0.25, -0.2) is 4.79 Å². The van der Waals surface area contributed by atoms with Gasteiger partial charge in [0.2, 0.25) is 5.91 Å². The predicted molar refractivity (Wildman–Crippen MR) is 90.3 cm³/mol. The third-order valence-electron chi connectivity index (χ3n) is 3.79. The summed E-state index contributed by atoms with van der Waals surface area (Å²) in [4.78, 5) is 25.5. The second-order valence-corrected chi connectivity index (χ2v) is 5.49. The zero-order valence-corrected chi connectivity index (χ0v) is 12.8. The summed E-state index contributed by atoms with van der Waals surface area (Å²) in [5, 5.41) is 5.62. The van der Waals surface area contributed by atoms with Gasteiger partial charge in [0, 0.05) is 30.9 Å². The van der Waals surface area contributed by atoms with Crippen molar-refractivity contribution < 1.29 is 9.59 Å². The molecule has 0 aliphatic carbocycles. The first-order valence-corrected chi connectivity index (χ1v) is 7.71. The van der Waals surface area contributed by atoms with Crippen molar-refractivity contribution in [3.63, 3.8) is 0 Å². The number of carbonyl (C=O) groups is 2. The molecule has 0 atom stereocenters. The molecule has 1 saturated heterocycles. The maximum absolute atomic E-state index is 12.0. The van der Waals surface area contributed by atoms with E-state index in [4.69, 9.17) is 0 Å². The zero-order chi connectivity index (χ0) is 16.1. The Morgan fingerprint density at radius 3 is 2.65 bits per heavy atom. The molecule has 2 aromatic rings. The maximum atomic E-state index is 12.0. The molecule has 0 aromatic heterocycles. The van der Waals surface area contributed by atoms with Crippen LogP contribution >= 0.6 is 0 Å². The number of urea groups is 1. The molecule has 1 aliphatic heterocycles. The van der Waals surface area contributed by atoms with E-state index in [0.29, 0.717) is 18.7 Å². The molecule has 0 spiro atoms. The fraction of sp³-hybridized carbons (Fsp3) is 0.222. The van der Waals surface area contributed by atoms with Crippen molar-refractivity contribution in [2.45, 2.75) is 19.4 Å². The lowest BCUT2D eigenvalue weighted by Gasteiger charge is -2.17. The van der Waals surface area contributed by atoms with Gasteiger partial charge in [-0.1, -0.05) is 36.4 Å². The lowest BCUT2D eigenvalue weighted by atomic mass is 10.2. The molecule has 0 saturated carbocycles. The Kier molecular flexibility index (Phi) is 4.57. The Morgan fingerprint density at radius 1 is 1.09 bits per heavy atom. The van der Waals surface area contributed by atoms with E-state index in [1.807, 2.05) is 54.6 Å². The van der Waals surface area contributed by atoms with Gasteiger partial charge in [-0.15, -0.1) is 0 Å². The summed E-state index contributed by atoms with van der Waals surface area (Å²) in [5.74, 6) is 0.135. The number of anilines is 2. The van der Waals surface area contributed by atoms with Crippen LogP contribution in [-0.4, -0.2) is 18.5 Å². The summed E-state index contributed by atoms with van der Waals surface area (Å²) >= 11 is 0. The molecule has 5 heteroatoms. The molecular formula is C18H19N3O2. The molecule has 0 bridgehead atoms. The third kappa shape index (κ3) is 3.88. The van der Waals surface area contributed by atoms with Crippen LogP contribution in [0.4, 0.5) is 16.2 Å². The smallest absolute Gasteiger partial charge is 0.319 e. The molecule has 3 amide bonds. The van der Waals surface area contributed by atoms with Crippen molar-refractivity contribution in [2.24, 2.45) is 0 Å². The van der Waals surface area contributed by atoms with Crippen LogP contribution in [0.5, 0.6) is 0 Å². The van der Waals surface area contributed by atoms with Gasteiger partial charge in [-0.05, 0) is 30.2 Å². The number of hydrogen-bond acceptors (Lipinski definition) is 2. The van der Waals surface area contributed by atoms with Crippen LogP contribution < -0.4 is 15.5 Å². The highest BCUT2D eigenvalue weighted by Gasteiger charge is 2.21. The van der Waals surface area contributed by atoms with Gasteiger partial charge in [0.05, 0.1) is 0 Å². The Bertz CT molecular complexity index is 700. The number of nitrogens with zero attached hydrogens (tertiary/aromatic N) is 1. The predicted octanol–water partition coefficient (Wildman–Crippen LogP) is 3.14. The molecule has 1 heterocycles. The van der Waals surface area contributed by atoms with Crippen LogP contribution in [-0.2, 0) is 11.3 Å². The van der Waals surface area contributed by atoms with Crippen LogP contribution in [0.1, 0.15) is 18.4 Å². The third-order valence-corrected chi connectivity index (χ3v) is 3.79. The number of amides is 3. The molecule has 2 aromatic carbocycles. The normalized spacial score (nSPS) is 13.9. The van der Waals surface area contributed by atoms with Crippen molar-refractivity contribution in [3.05, 3.63) is 60.2 Å². The number of carbonyl (C=O) groups excluding carboxylic acids is 2. The van der Waals surface area contributed by atoms with Crippen LogP contribution in [0, 0.1) is 0 Å². The van der Waals surface area contributed by atoms with Crippen molar-refractivity contribution in [1.29, 1.82) is 0 Å². The molecule has 2 N–H and O–H groups in total. The monoisotopic (exact) mass is 309 g/mol. The van der Waals surface area contributed by atoms with Crippen molar-refractivity contribution in [3.8, 4) is 0 Å². The van der Waals surface area contributed by atoms with E-state index in [2.05, 4.69) is 10.6 Å². The number of rotatable bonds is 4. The van der Waals surface area contributed by atoms with E-state index in [9.17, 15) is 9.59 Å². The average molecular weight is 309 g/mol. The van der Waals surface area contributed by atoms with Crippen molar-refractivity contribution in [2.75, 3.05) is 16.8 Å². The van der Waals surface area contributed by atoms with Crippen LogP contribution in [0.15, 0.2) is 54.6 Å². The molecule has 1 aliphatic rings. The van der Waals surface area contributed by atoms with Crippen LogP contribution in [0.2, 0.25) is 0 Å². The van der Waals surface area contributed by atoms with E-state index in [1.54, 1.807) is 4.90 Å². The minimum atomic E-state index is -0.265. The molecule has 3 rings (SSSR count). The van der Waals surface area contributed by atoms with Gasteiger partial charge in [-0.3, -0.25) is 4.79 Å². The molecule has 118 valence electrons. The van der Waals surface area contributed by atoms with E-state index < -0.39 is 0 Å². The Hall–Kier alpha value is -2.82. The number of benzene rings is 2. The molecule has 23 heavy (non-hydrogen) atoms. The fourth-order valence-electron chi connectivity index (χ4n) is 2.63. The van der Waals surface area contributed by atoms with E-state index in [-0.39, 0.29) is 11.9 Å². The topological polar surface area (TPSA) is 61.4 Å². The summed E-state index contributed by atoms with van der Waals surface area (Å²) in [6.07, 6.45) is 1.48. The zero-order valence-electron chi connectivity index (χ0n) is 12.8. The number of hydrogen-bond donors (Lipinski definition) is 2. The van der Waals surface area contributed by atoms with Crippen molar-refractivity contribution >= 4 is 23.3 Å². The Labute approximate surface area is 135 Å². The van der Waals surface area contributed by atoms with Gasteiger partial charge >= 0.3 is 6.03 Å². The van der Waals surface area contributed by atoms with E-state index >= 15 is 0 Å². The lowest BCUT2D eigenvalue weighted by Crippen LogP contribution is -2.28. The summed E-state index contributed by atoms with van der Waals surface area (Å²) in [7, 11) is 0. The summed E-state index contributed by atoms with van der Waals surface area (Å²) in [6, 6.07) is 16.8. The number of nitrogens with one attached hydrogen (secondary N) is 2. The minimum absolute atomic E-state index is 0.135. The lowest BCUT2D eigenvalue weighted by molar-refractivity contribution is -0.117. The SMILES string of the molecule is O=C(NCc1ccccc1)Nc1cccc(N2CCCC2=O)c1. The summed E-state index contributed by atoms with van der Waals surface area (Å²) < 4.78 is 0. The Morgan fingerprint density at radius 2 is 1.91 bits per heavy atom. The first kappa shape index (κ1) is 15.1. The van der Waals surface area contributed by atoms with Crippen LogP contribution in [0.25, 0.3) is 0 Å². The van der Waals surface area contributed by atoms with Crippen LogP contribution in [0.3, 0.4) is 0 Å². The second-order valence-electron chi connectivity index (χ2n) is 5.49. The maximum Gasteiger partial charge on any atom is 0.319 e. The summed E-state index contributed by atoms with van der Waals surface area (Å²) in [6.45, 7) is 1.21. The van der Waals surface area contributed by atoms with Gasteiger partial charge < -0.3 is 15.5 Å². The fourth-order valence-corrected chi connectivity index (χ4v) is 2.63. The first-order chi connectivity index (χ1) is 11.2. The van der Waals surface area contributed by atoms with Gasteiger partial charge in [0.1, 0.15) is 0 Å². The highest BCUT2D eigenvalue weighted by Crippen LogP contribution is 2.24. The van der Waals surface area contributed by atoms with Gasteiger partial charge in [0.15, 0.2) is 0 Å². The van der Waals surface area contributed by atoms with E-state index in [0.717, 1.165) is 24.2 Å². The van der Waals surface area contributed by atoms with E-state index in [1.165, 1.54) is 0 Å². The second kappa shape index (κ2) is 6.96. The summed E-state index contributed by atoms with van der Waals surface area (Å²) in [5.41, 5.74) is 2.54. The van der Waals surface area contributed by atoms with Gasteiger partial charge in [0.25, 0.3) is 0 Å². The minimum Gasteiger partial charge on any atom is -0.334 e. The first-order valence-electron chi connectivity index (χ1n) is 7.71. The molecular weight excluding hydrogens is 290 g/mol.